The van der Waals surface area contributed by atoms with Gasteiger partial charge in [-0.15, -0.1) is 0 Å². The zero-order valence-electron chi connectivity index (χ0n) is 16.4. The van der Waals surface area contributed by atoms with Crippen molar-refractivity contribution in [3.05, 3.63) is 0 Å². The monoisotopic (exact) mass is 299 g/mol. The van der Waals surface area contributed by atoms with E-state index < -0.39 is 0 Å². The molecule has 3 unspecified atom stereocenters. The van der Waals surface area contributed by atoms with E-state index in [2.05, 4.69) is 74.4 Å². The maximum absolute atomic E-state index is 6.31. The minimum atomic E-state index is -0.0514. The SMILES string of the molecule is CCCC(C)OC(C)(C)CC(C)(C)C(C)C(C)CN(C)C. The Morgan fingerprint density at radius 1 is 1.00 bits per heavy atom. The van der Waals surface area contributed by atoms with Gasteiger partial charge in [-0.05, 0) is 65.0 Å². The Labute approximate surface area is 134 Å². The molecule has 128 valence electrons. The summed E-state index contributed by atoms with van der Waals surface area (Å²) in [5.74, 6) is 1.36. The molecule has 0 radical (unpaired) electrons. The lowest BCUT2D eigenvalue weighted by Gasteiger charge is -2.42. The van der Waals surface area contributed by atoms with E-state index in [1.807, 2.05) is 0 Å². The van der Waals surface area contributed by atoms with Crippen molar-refractivity contribution in [1.29, 1.82) is 0 Å². The van der Waals surface area contributed by atoms with Crippen LogP contribution >= 0.6 is 0 Å². The largest absolute Gasteiger partial charge is 0.373 e. The van der Waals surface area contributed by atoms with Crippen LogP contribution in [0.4, 0.5) is 0 Å². The molecule has 0 rings (SSSR count). The van der Waals surface area contributed by atoms with Gasteiger partial charge in [-0.25, -0.2) is 0 Å². The van der Waals surface area contributed by atoms with Crippen LogP contribution in [0.25, 0.3) is 0 Å². The summed E-state index contributed by atoms with van der Waals surface area (Å²) >= 11 is 0. The van der Waals surface area contributed by atoms with Crippen molar-refractivity contribution >= 4 is 0 Å². The van der Waals surface area contributed by atoms with Crippen molar-refractivity contribution < 1.29 is 4.74 Å². The lowest BCUT2D eigenvalue weighted by molar-refractivity contribution is -0.0969. The van der Waals surface area contributed by atoms with Gasteiger partial charge >= 0.3 is 0 Å². The van der Waals surface area contributed by atoms with Crippen LogP contribution < -0.4 is 0 Å². The summed E-state index contributed by atoms with van der Waals surface area (Å²) in [6.45, 7) is 19.7. The second kappa shape index (κ2) is 8.53. The normalized spacial score (nSPS) is 17.9. The van der Waals surface area contributed by atoms with Gasteiger partial charge in [0.05, 0.1) is 11.7 Å². The van der Waals surface area contributed by atoms with Crippen molar-refractivity contribution in [1.82, 2.24) is 4.90 Å². The number of hydrogen-bond donors (Lipinski definition) is 0. The van der Waals surface area contributed by atoms with Gasteiger partial charge in [0, 0.05) is 6.54 Å². The highest BCUT2D eigenvalue weighted by Crippen LogP contribution is 2.40. The van der Waals surface area contributed by atoms with Crippen molar-refractivity contribution in [2.45, 2.75) is 86.4 Å². The third-order valence-electron chi connectivity index (χ3n) is 4.84. The van der Waals surface area contributed by atoms with Crippen molar-refractivity contribution in [2.75, 3.05) is 20.6 Å². The molecule has 21 heavy (non-hydrogen) atoms. The van der Waals surface area contributed by atoms with Crippen LogP contribution in [0.3, 0.4) is 0 Å². The first kappa shape index (κ1) is 20.9. The quantitative estimate of drug-likeness (QED) is 0.548. The van der Waals surface area contributed by atoms with E-state index in [4.69, 9.17) is 4.74 Å². The molecule has 0 aliphatic heterocycles. The third kappa shape index (κ3) is 8.21. The fourth-order valence-electron chi connectivity index (χ4n) is 3.81. The molecule has 0 saturated carbocycles. The summed E-state index contributed by atoms with van der Waals surface area (Å²) in [6, 6.07) is 0. The Morgan fingerprint density at radius 3 is 1.95 bits per heavy atom. The standard InChI is InChI=1S/C19H41NO/c1-11-12-16(3)21-19(7,8)14-18(5,6)17(4)15(2)13-20(9)10/h15-17H,11-14H2,1-10H3. The van der Waals surface area contributed by atoms with Gasteiger partial charge in [0.15, 0.2) is 0 Å². The van der Waals surface area contributed by atoms with E-state index in [-0.39, 0.29) is 11.0 Å². The lowest BCUT2D eigenvalue weighted by atomic mass is 9.68. The van der Waals surface area contributed by atoms with Crippen LogP contribution in [0.1, 0.15) is 74.7 Å². The molecule has 2 nitrogen and oxygen atoms in total. The molecule has 0 aromatic heterocycles. The molecule has 0 aliphatic rings. The Kier molecular flexibility index (Phi) is 8.49. The molecule has 3 atom stereocenters. The summed E-state index contributed by atoms with van der Waals surface area (Å²) in [5, 5.41) is 0. The first-order valence-electron chi connectivity index (χ1n) is 8.74. The Bertz CT molecular complexity index is 283. The molecule has 0 fully saturated rings. The van der Waals surface area contributed by atoms with Crippen molar-refractivity contribution in [3.8, 4) is 0 Å². The molecule has 0 heterocycles. The van der Waals surface area contributed by atoms with Gasteiger partial charge in [-0.3, -0.25) is 0 Å². The maximum Gasteiger partial charge on any atom is 0.0635 e. The first-order valence-corrected chi connectivity index (χ1v) is 8.74. The van der Waals surface area contributed by atoms with Crippen LogP contribution in [0.2, 0.25) is 0 Å². The first-order chi connectivity index (χ1) is 9.41. The molecule has 0 amide bonds. The highest BCUT2D eigenvalue weighted by molar-refractivity contribution is 4.86. The van der Waals surface area contributed by atoms with Gasteiger partial charge in [-0.2, -0.15) is 0 Å². The molecule has 0 spiro atoms. The Hall–Kier alpha value is -0.0800. The maximum atomic E-state index is 6.31. The van der Waals surface area contributed by atoms with E-state index in [9.17, 15) is 0 Å². The predicted molar refractivity (Wildman–Crippen MR) is 94.8 cm³/mol. The van der Waals surface area contributed by atoms with Crippen LogP contribution in [0.15, 0.2) is 0 Å². The number of hydrogen-bond acceptors (Lipinski definition) is 2. The van der Waals surface area contributed by atoms with Crippen LogP contribution in [0, 0.1) is 17.3 Å². The topological polar surface area (TPSA) is 12.5 Å². The summed E-state index contributed by atoms with van der Waals surface area (Å²) in [7, 11) is 4.32. The Morgan fingerprint density at radius 2 is 1.52 bits per heavy atom. The van der Waals surface area contributed by atoms with Crippen LogP contribution in [0.5, 0.6) is 0 Å². The molecule has 0 aromatic rings. The molecular formula is C19H41NO. The number of ether oxygens (including phenoxy) is 1. The fraction of sp³-hybridized carbons (Fsp3) is 1.00. The summed E-state index contributed by atoms with van der Waals surface area (Å²) in [6.07, 6.45) is 3.80. The van der Waals surface area contributed by atoms with E-state index in [0.29, 0.717) is 17.9 Å². The minimum Gasteiger partial charge on any atom is -0.373 e. The van der Waals surface area contributed by atoms with E-state index >= 15 is 0 Å². The Balaban J connectivity index is 4.68. The highest BCUT2D eigenvalue weighted by atomic mass is 16.5. The lowest BCUT2D eigenvalue weighted by Crippen LogP contribution is -2.40. The molecule has 0 N–H and O–H groups in total. The molecule has 0 aliphatic carbocycles. The minimum absolute atomic E-state index is 0.0514. The number of nitrogens with zero attached hydrogens (tertiary/aromatic N) is 1. The highest BCUT2D eigenvalue weighted by Gasteiger charge is 2.36. The van der Waals surface area contributed by atoms with Gasteiger partial charge in [0.25, 0.3) is 0 Å². The molecule has 2 heteroatoms. The second-order valence-corrected chi connectivity index (χ2v) is 8.67. The van der Waals surface area contributed by atoms with Crippen LogP contribution in [-0.2, 0) is 4.74 Å². The van der Waals surface area contributed by atoms with Crippen molar-refractivity contribution in [2.24, 2.45) is 17.3 Å². The predicted octanol–water partition coefficient (Wildman–Crippen LogP) is 5.22. The average Bonchev–Trinajstić information content (AvgIpc) is 2.24. The zero-order valence-corrected chi connectivity index (χ0v) is 16.4. The smallest absolute Gasteiger partial charge is 0.0635 e. The van der Waals surface area contributed by atoms with E-state index in [0.717, 1.165) is 19.4 Å². The number of rotatable bonds is 10. The van der Waals surface area contributed by atoms with Gasteiger partial charge in [0.2, 0.25) is 0 Å². The summed E-state index contributed by atoms with van der Waals surface area (Å²) < 4.78 is 6.31. The summed E-state index contributed by atoms with van der Waals surface area (Å²) in [5.41, 5.74) is 0.231. The van der Waals surface area contributed by atoms with Gasteiger partial charge in [-0.1, -0.05) is 41.0 Å². The second-order valence-electron chi connectivity index (χ2n) is 8.67. The van der Waals surface area contributed by atoms with Gasteiger partial charge < -0.3 is 9.64 Å². The average molecular weight is 300 g/mol. The van der Waals surface area contributed by atoms with Crippen molar-refractivity contribution in [3.63, 3.8) is 0 Å². The molecule has 0 aromatic carbocycles. The molecule has 0 bridgehead atoms. The van der Waals surface area contributed by atoms with E-state index in [1.54, 1.807) is 0 Å². The summed E-state index contributed by atoms with van der Waals surface area (Å²) in [4.78, 5) is 2.29. The molecular weight excluding hydrogens is 258 g/mol. The third-order valence-corrected chi connectivity index (χ3v) is 4.84. The van der Waals surface area contributed by atoms with Gasteiger partial charge in [0.1, 0.15) is 0 Å². The fourth-order valence-corrected chi connectivity index (χ4v) is 3.81. The van der Waals surface area contributed by atoms with E-state index in [1.165, 1.54) is 6.42 Å². The zero-order chi connectivity index (χ0) is 16.8. The molecule has 0 saturated heterocycles. The van der Waals surface area contributed by atoms with Crippen LogP contribution in [-0.4, -0.2) is 37.2 Å².